The SMILES string of the molecule is CCOc1ccc(C(=O)NNC(=O)C2CC3CCC2C3)cc1. The molecule has 2 N–H and O–H groups in total. The van der Waals surface area contributed by atoms with E-state index in [1.54, 1.807) is 24.3 Å². The highest BCUT2D eigenvalue weighted by Gasteiger charge is 2.43. The highest BCUT2D eigenvalue weighted by Crippen LogP contribution is 2.48. The predicted molar refractivity (Wildman–Crippen MR) is 82.2 cm³/mol. The molecule has 3 rings (SSSR count). The number of carbonyl (C=O) groups is 2. The first-order valence-corrected chi connectivity index (χ1v) is 8.00. The Hall–Kier alpha value is -2.04. The van der Waals surface area contributed by atoms with Crippen molar-refractivity contribution in [3.05, 3.63) is 29.8 Å². The van der Waals surface area contributed by atoms with Gasteiger partial charge in [0.1, 0.15) is 5.75 Å². The Morgan fingerprint density at radius 1 is 1.14 bits per heavy atom. The summed E-state index contributed by atoms with van der Waals surface area (Å²) in [5, 5.41) is 0. The average molecular weight is 302 g/mol. The van der Waals surface area contributed by atoms with Gasteiger partial charge in [-0.1, -0.05) is 6.42 Å². The van der Waals surface area contributed by atoms with Gasteiger partial charge in [0.05, 0.1) is 6.61 Å². The van der Waals surface area contributed by atoms with Crippen molar-refractivity contribution in [3.63, 3.8) is 0 Å². The molecule has 1 aromatic rings. The molecule has 118 valence electrons. The fourth-order valence-corrected chi connectivity index (χ4v) is 3.72. The van der Waals surface area contributed by atoms with E-state index in [1.807, 2.05) is 6.92 Å². The molecular formula is C17H22N2O3. The largest absolute Gasteiger partial charge is 0.494 e. The molecular weight excluding hydrogens is 280 g/mol. The maximum atomic E-state index is 12.2. The molecule has 3 atom stereocenters. The van der Waals surface area contributed by atoms with Gasteiger partial charge in [-0.25, -0.2) is 0 Å². The lowest BCUT2D eigenvalue weighted by Gasteiger charge is -2.20. The van der Waals surface area contributed by atoms with Gasteiger partial charge >= 0.3 is 0 Å². The first kappa shape index (κ1) is 14.9. The molecule has 0 heterocycles. The standard InChI is InChI=1S/C17H22N2O3/c1-2-22-14-7-5-12(6-8-14)16(20)18-19-17(21)15-10-11-3-4-13(15)9-11/h5-8,11,13,15H,2-4,9-10H2,1H3,(H,18,20)(H,19,21). The second kappa shape index (κ2) is 6.38. The summed E-state index contributed by atoms with van der Waals surface area (Å²) < 4.78 is 5.33. The Morgan fingerprint density at radius 3 is 2.50 bits per heavy atom. The molecule has 2 saturated carbocycles. The Labute approximate surface area is 130 Å². The molecule has 5 heteroatoms. The first-order valence-electron chi connectivity index (χ1n) is 8.00. The fraction of sp³-hybridized carbons (Fsp3) is 0.529. The second-order valence-corrected chi connectivity index (χ2v) is 6.18. The molecule has 0 radical (unpaired) electrons. The minimum Gasteiger partial charge on any atom is -0.494 e. The quantitative estimate of drug-likeness (QED) is 0.839. The van der Waals surface area contributed by atoms with E-state index in [9.17, 15) is 9.59 Å². The minimum absolute atomic E-state index is 0.0495. The number of hydrazine groups is 1. The third-order valence-electron chi connectivity index (χ3n) is 4.80. The summed E-state index contributed by atoms with van der Waals surface area (Å²) in [6, 6.07) is 6.86. The number of hydrogen-bond acceptors (Lipinski definition) is 3. The van der Waals surface area contributed by atoms with Crippen LogP contribution >= 0.6 is 0 Å². The van der Waals surface area contributed by atoms with E-state index in [-0.39, 0.29) is 17.7 Å². The lowest BCUT2D eigenvalue weighted by Crippen LogP contribution is -2.45. The van der Waals surface area contributed by atoms with Gasteiger partial charge in [0.15, 0.2) is 0 Å². The van der Waals surface area contributed by atoms with Gasteiger partial charge in [0.2, 0.25) is 5.91 Å². The highest BCUT2D eigenvalue weighted by atomic mass is 16.5. The van der Waals surface area contributed by atoms with Crippen molar-refractivity contribution < 1.29 is 14.3 Å². The van der Waals surface area contributed by atoms with Crippen LogP contribution in [0.5, 0.6) is 5.75 Å². The van der Waals surface area contributed by atoms with Gasteiger partial charge in [-0.2, -0.15) is 0 Å². The van der Waals surface area contributed by atoms with Crippen molar-refractivity contribution >= 4 is 11.8 Å². The molecule has 2 aliphatic carbocycles. The van der Waals surface area contributed by atoms with Crippen molar-refractivity contribution in [1.29, 1.82) is 0 Å². The summed E-state index contributed by atoms with van der Waals surface area (Å²) in [5.41, 5.74) is 5.58. The topological polar surface area (TPSA) is 67.4 Å². The molecule has 22 heavy (non-hydrogen) atoms. The number of carbonyl (C=O) groups excluding carboxylic acids is 2. The number of hydrogen-bond donors (Lipinski definition) is 2. The zero-order valence-corrected chi connectivity index (χ0v) is 12.8. The Balaban J connectivity index is 1.50. The third kappa shape index (κ3) is 3.08. The zero-order valence-electron chi connectivity index (χ0n) is 12.8. The summed E-state index contributed by atoms with van der Waals surface area (Å²) >= 11 is 0. The van der Waals surface area contributed by atoms with Crippen LogP contribution in [0.4, 0.5) is 0 Å². The monoisotopic (exact) mass is 302 g/mol. The van der Waals surface area contributed by atoms with E-state index in [1.165, 1.54) is 12.8 Å². The lowest BCUT2D eigenvalue weighted by molar-refractivity contribution is -0.127. The van der Waals surface area contributed by atoms with Crippen LogP contribution in [0.15, 0.2) is 24.3 Å². The van der Waals surface area contributed by atoms with Crippen molar-refractivity contribution in [2.24, 2.45) is 17.8 Å². The van der Waals surface area contributed by atoms with Gasteiger partial charge in [-0.05, 0) is 62.3 Å². The molecule has 3 unspecified atom stereocenters. The zero-order chi connectivity index (χ0) is 15.5. The van der Waals surface area contributed by atoms with Gasteiger partial charge < -0.3 is 4.74 Å². The van der Waals surface area contributed by atoms with Crippen molar-refractivity contribution in [2.75, 3.05) is 6.61 Å². The highest BCUT2D eigenvalue weighted by molar-refractivity contribution is 5.95. The molecule has 0 aliphatic heterocycles. The van der Waals surface area contributed by atoms with Gasteiger partial charge in [-0.15, -0.1) is 0 Å². The summed E-state index contributed by atoms with van der Waals surface area (Å²) in [6.07, 6.45) is 4.54. The summed E-state index contributed by atoms with van der Waals surface area (Å²) in [7, 11) is 0. The van der Waals surface area contributed by atoms with Crippen LogP contribution < -0.4 is 15.6 Å². The fourth-order valence-electron chi connectivity index (χ4n) is 3.72. The molecule has 0 aromatic heterocycles. The maximum absolute atomic E-state index is 12.2. The minimum atomic E-state index is -0.306. The molecule has 0 spiro atoms. The summed E-state index contributed by atoms with van der Waals surface area (Å²) in [4.78, 5) is 24.2. The molecule has 1 aromatic carbocycles. The second-order valence-electron chi connectivity index (χ2n) is 6.18. The third-order valence-corrected chi connectivity index (χ3v) is 4.80. The van der Waals surface area contributed by atoms with Crippen LogP contribution in [0.2, 0.25) is 0 Å². The summed E-state index contributed by atoms with van der Waals surface area (Å²) in [6.45, 7) is 2.50. The van der Waals surface area contributed by atoms with Crippen LogP contribution in [0, 0.1) is 17.8 Å². The summed E-state index contributed by atoms with van der Waals surface area (Å²) in [5.74, 6) is 1.66. The van der Waals surface area contributed by atoms with E-state index in [0.29, 0.717) is 24.0 Å². The number of amides is 2. The normalized spacial score (nSPS) is 25.8. The van der Waals surface area contributed by atoms with Crippen LogP contribution in [-0.2, 0) is 4.79 Å². The lowest BCUT2D eigenvalue weighted by atomic mass is 9.88. The molecule has 2 amide bonds. The molecule has 0 saturated heterocycles. The van der Waals surface area contributed by atoms with E-state index in [2.05, 4.69) is 10.9 Å². The number of nitrogens with one attached hydrogen (secondary N) is 2. The Bertz CT molecular complexity index is 556. The van der Waals surface area contributed by atoms with Crippen LogP contribution in [0.3, 0.4) is 0 Å². The molecule has 2 aliphatic rings. The van der Waals surface area contributed by atoms with E-state index in [4.69, 9.17) is 4.74 Å². The molecule has 2 fully saturated rings. The number of rotatable bonds is 4. The van der Waals surface area contributed by atoms with E-state index >= 15 is 0 Å². The van der Waals surface area contributed by atoms with Crippen LogP contribution in [-0.4, -0.2) is 18.4 Å². The number of ether oxygens (including phenoxy) is 1. The number of fused-ring (bicyclic) bond motifs is 2. The smallest absolute Gasteiger partial charge is 0.269 e. The number of benzene rings is 1. The van der Waals surface area contributed by atoms with E-state index < -0.39 is 0 Å². The van der Waals surface area contributed by atoms with Crippen molar-refractivity contribution in [1.82, 2.24) is 10.9 Å². The van der Waals surface area contributed by atoms with Crippen molar-refractivity contribution in [2.45, 2.75) is 32.6 Å². The Morgan fingerprint density at radius 2 is 1.91 bits per heavy atom. The predicted octanol–water partition coefficient (Wildman–Crippen LogP) is 2.28. The van der Waals surface area contributed by atoms with Gasteiger partial charge in [-0.3, -0.25) is 20.4 Å². The molecule has 2 bridgehead atoms. The van der Waals surface area contributed by atoms with E-state index in [0.717, 1.165) is 18.6 Å². The molecule has 5 nitrogen and oxygen atoms in total. The average Bonchev–Trinajstić information content (AvgIpc) is 3.16. The van der Waals surface area contributed by atoms with Crippen LogP contribution in [0.1, 0.15) is 43.0 Å². The van der Waals surface area contributed by atoms with Gasteiger partial charge in [0, 0.05) is 11.5 Å². The maximum Gasteiger partial charge on any atom is 0.269 e. The van der Waals surface area contributed by atoms with Crippen molar-refractivity contribution in [3.8, 4) is 5.75 Å². The Kier molecular flexibility index (Phi) is 4.32. The van der Waals surface area contributed by atoms with Crippen LogP contribution in [0.25, 0.3) is 0 Å². The first-order chi connectivity index (χ1) is 10.7. The van der Waals surface area contributed by atoms with Gasteiger partial charge in [0.25, 0.3) is 5.91 Å².